The summed E-state index contributed by atoms with van der Waals surface area (Å²) in [7, 11) is 0. The van der Waals surface area contributed by atoms with E-state index in [2.05, 4.69) is 10.3 Å². The van der Waals surface area contributed by atoms with Gasteiger partial charge in [0.2, 0.25) is 5.91 Å². The Bertz CT molecular complexity index is 665. The van der Waals surface area contributed by atoms with Gasteiger partial charge in [0, 0.05) is 17.6 Å². The van der Waals surface area contributed by atoms with Gasteiger partial charge in [0.15, 0.2) is 5.15 Å². The van der Waals surface area contributed by atoms with E-state index in [1.165, 1.54) is 0 Å². The number of hydrogen-bond donors (Lipinski definition) is 1. The molecule has 0 fully saturated rings. The van der Waals surface area contributed by atoms with Crippen molar-refractivity contribution < 1.29 is 9.53 Å². The monoisotopic (exact) mass is 358 g/mol. The lowest BCUT2D eigenvalue weighted by Gasteiger charge is -2.09. The number of carbonyl (C=O) groups excluding carboxylic acids is 1. The first-order chi connectivity index (χ1) is 10.6. The standard InChI is InChI=1S/C15H13Cl3N2O2/c16-10-5-6-13(11(17)9-10)22-8-2-4-14(21)20-12-3-1-7-19-15(12)18/h1,3,5-7,9H,2,4,8H2,(H,20,21). The lowest BCUT2D eigenvalue weighted by atomic mass is 10.3. The Kier molecular flexibility index (Phi) is 6.31. The van der Waals surface area contributed by atoms with Crippen LogP contribution in [0.3, 0.4) is 0 Å². The maximum atomic E-state index is 11.8. The molecule has 2 rings (SSSR count). The van der Waals surface area contributed by atoms with Crippen LogP contribution in [-0.2, 0) is 4.79 Å². The van der Waals surface area contributed by atoms with Crippen LogP contribution in [0.1, 0.15) is 12.8 Å². The number of halogens is 3. The molecule has 0 aliphatic carbocycles. The lowest BCUT2D eigenvalue weighted by molar-refractivity contribution is -0.116. The molecular weight excluding hydrogens is 347 g/mol. The van der Waals surface area contributed by atoms with Crippen LogP contribution in [0.15, 0.2) is 36.5 Å². The Morgan fingerprint density at radius 3 is 2.77 bits per heavy atom. The van der Waals surface area contributed by atoms with Gasteiger partial charge < -0.3 is 10.1 Å². The number of hydrogen-bond acceptors (Lipinski definition) is 3. The van der Waals surface area contributed by atoms with Crippen LogP contribution >= 0.6 is 34.8 Å². The molecule has 0 bridgehead atoms. The molecule has 1 amide bonds. The average Bonchev–Trinajstić information content (AvgIpc) is 2.48. The first-order valence-electron chi connectivity index (χ1n) is 6.54. The zero-order valence-electron chi connectivity index (χ0n) is 11.5. The van der Waals surface area contributed by atoms with Crippen molar-refractivity contribution in [2.45, 2.75) is 12.8 Å². The maximum absolute atomic E-state index is 11.8. The molecular formula is C15H13Cl3N2O2. The van der Waals surface area contributed by atoms with Crippen LogP contribution in [0.4, 0.5) is 5.69 Å². The number of ether oxygens (including phenoxy) is 1. The SMILES string of the molecule is O=C(CCCOc1ccc(Cl)cc1Cl)Nc1cccnc1Cl. The smallest absolute Gasteiger partial charge is 0.224 e. The van der Waals surface area contributed by atoms with Gasteiger partial charge in [-0.15, -0.1) is 0 Å². The summed E-state index contributed by atoms with van der Waals surface area (Å²) in [6, 6.07) is 8.39. The second kappa shape index (κ2) is 8.22. The quantitative estimate of drug-likeness (QED) is 0.593. The normalized spacial score (nSPS) is 10.3. The maximum Gasteiger partial charge on any atom is 0.224 e. The predicted molar refractivity (Wildman–Crippen MR) is 89.1 cm³/mol. The minimum atomic E-state index is -0.152. The number of anilines is 1. The van der Waals surface area contributed by atoms with Crippen molar-refractivity contribution in [3.8, 4) is 5.75 Å². The van der Waals surface area contributed by atoms with Gasteiger partial charge in [0.1, 0.15) is 5.75 Å². The number of amides is 1. The van der Waals surface area contributed by atoms with Crippen molar-refractivity contribution >= 4 is 46.4 Å². The fourth-order valence-electron chi connectivity index (χ4n) is 1.70. The third kappa shape index (κ3) is 5.05. The van der Waals surface area contributed by atoms with Gasteiger partial charge in [-0.05, 0) is 36.8 Å². The Balaban J connectivity index is 1.74. The first kappa shape index (κ1) is 16.9. The van der Waals surface area contributed by atoms with E-state index in [0.29, 0.717) is 40.9 Å². The Morgan fingerprint density at radius 1 is 1.23 bits per heavy atom. The topological polar surface area (TPSA) is 51.2 Å². The van der Waals surface area contributed by atoms with Crippen molar-refractivity contribution in [3.63, 3.8) is 0 Å². The van der Waals surface area contributed by atoms with E-state index in [4.69, 9.17) is 39.5 Å². The number of pyridine rings is 1. The number of rotatable bonds is 6. The summed E-state index contributed by atoms with van der Waals surface area (Å²) in [4.78, 5) is 15.7. The molecule has 0 spiro atoms. The number of carbonyl (C=O) groups is 1. The number of benzene rings is 1. The molecule has 22 heavy (non-hydrogen) atoms. The highest BCUT2D eigenvalue weighted by Crippen LogP contribution is 2.27. The van der Waals surface area contributed by atoms with Gasteiger partial charge in [0.05, 0.1) is 17.3 Å². The van der Waals surface area contributed by atoms with E-state index < -0.39 is 0 Å². The molecule has 4 nitrogen and oxygen atoms in total. The van der Waals surface area contributed by atoms with Crippen molar-refractivity contribution in [2.24, 2.45) is 0 Å². The Labute approximate surface area is 143 Å². The molecule has 116 valence electrons. The highest BCUT2D eigenvalue weighted by atomic mass is 35.5. The molecule has 0 saturated heterocycles. The average molecular weight is 360 g/mol. The van der Waals surface area contributed by atoms with E-state index in [0.717, 1.165) is 0 Å². The van der Waals surface area contributed by atoms with Crippen molar-refractivity contribution in [1.82, 2.24) is 4.98 Å². The minimum Gasteiger partial charge on any atom is -0.492 e. The van der Waals surface area contributed by atoms with Crippen LogP contribution in [0.2, 0.25) is 15.2 Å². The van der Waals surface area contributed by atoms with Crippen LogP contribution in [0.25, 0.3) is 0 Å². The molecule has 0 radical (unpaired) electrons. The molecule has 0 aliphatic rings. The predicted octanol–water partition coefficient (Wildman–Crippen LogP) is 4.84. The number of nitrogens with zero attached hydrogens (tertiary/aromatic N) is 1. The van der Waals surface area contributed by atoms with Gasteiger partial charge in [-0.1, -0.05) is 34.8 Å². The Morgan fingerprint density at radius 2 is 2.05 bits per heavy atom. The molecule has 1 aromatic carbocycles. The fraction of sp³-hybridized carbons (Fsp3) is 0.200. The van der Waals surface area contributed by atoms with Crippen LogP contribution in [0.5, 0.6) is 5.75 Å². The molecule has 1 N–H and O–H groups in total. The Hall–Kier alpha value is -1.49. The van der Waals surface area contributed by atoms with Gasteiger partial charge >= 0.3 is 0 Å². The summed E-state index contributed by atoms with van der Waals surface area (Å²) >= 11 is 17.7. The summed E-state index contributed by atoms with van der Waals surface area (Å²) in [5.74, 6) is 0.391. The van der Waals surface area contributed by atoms with E-state index in [9.17, 15) is 4.79 Å². The van der Waals surface area contributed by atoms with Crippen molar-refractivity contribution in [3.05, 3.63) is 51.7 Å². The van der Waals surface area contributed by atoms with Gasteiger partial charge in [-0.3, -0.25) is 4.79 Å². The summed E-state index contributed by atoms with van der Waals surface area (Å²) < 4.78 is 5.51. The molecule has 0 unspecified atom stereocenters. The summed E-state index contributed by atoms with van der Waals surface area (Å²) in [5.41, 5.74) is 0.496. The molecule has 0 saturated carbocycles. The molecule has 1 heterocycles. The van der Waals surface area contributed by atoms with Crippen LogP contribution < -0.4 is 10.1 Å². The first-order valence-corrected chi connectivity index (χ1v) is 7.68. The third-order valence-electron chi connectivity index (χ3n) is 2.73. The molecule has 2 aromatic rings. The lowest BCUT2D eigenvalue weighted by Crippen LogP contribution is -2.13. The zero-order valence-corrected chi connectivity index (χ0v) is 13.8. The van der Waals surface area contributed by atoms with E-state index in [-0.39, 0.29) is 11.1 Å². The van der Waals surface area contributed by atoms with Gasteiger partial charge in [-0.2, -0.15) is 0 Å². The summed E-state index contributed by atoms with van der Waals surface area (Å²) in [5, 5.41) is 3.95. The second-order valence-electron chi connectivity index (χ2n) is 4.42. The van der Waals surface area contributed by atoms with E-state index in [1.54, 1.807) is 36.5 Å². The zero-order chi connectivity index (χ0) is 15.9. The van der Waals surface area contributed by atoms with Crippen LogP contribution in [0, 0.1) is 0 Å². The molecule has 1 aromatic heterocycles. The number of aromatic nitrogens is 1. The van der Waals surface area contributed by atoms with Gasteiger partial charge in [0.25, 0.3) is 0 Å². The molecule has 0 atom stereocenters. The summed E-state index contributed by atoms with van der Waals surface area (Å²) in [6.45, 7) is 0.371. The van der Waals surface area contributed by atoms with E-state index in [1.807, 2.05) is 0 Å². The van der Waals surface area contributed by atoms with Crippen molar-refractivity contribution in [1.29, 1.82) is 0 Å². The largest absolute Gasteiger partial charge is 0.492 e. The highest BCUT2D eigenvalue weighted by molar-refractivity contribution is 6.35. The van der Waals surface area contributed by atoms with Gasteiger partial charge in [-0.25, -0.2) is 4.98 Å². The van der Waals surface area contributed by atoms with E-state index >= 15 is 0 Å². The minimum absolute atomic E-state index is 0.152. The molecule has 0 aliphatic heterocycles. The highest BCUT2D eigenvalue weighted by Gasteiger charge is 2.07. The number of nitrogens with one attached hydrogen (secondary N) is 1. The summed E-state index contributed by atoms with van der Waals surface area (Å²) in [6.07, 6.45) is 2.40. The molecule has 7 heteroatoms. The third-order valence-corrected chi connectivity index (χ3v) is 3.56. The fourth-order valence-corrected chi connectivity index (χ4v) is 2.33. The second-order valence-corrected chi connectivity index (χ2v) is 5.62. The van der Waals surface area contributed by atoms with Crippen molar-refractivity contribution in [2.75, 3.05) is 11.9 Å². The van der Waals surface area contributed by atoms with Crippen LogP contribution in [-0.4, -0.2) is 17.5 Å².